The average Bonchev–Trinajstić information content (AvgIpc) is 2.88. The van der Waals surface area contributed by atoms with Crippen molar-refractivity contribution in [3.8, 4) is 5.75 Å². The van der Waals surface area contributed by atoms with Gasteiger partial charge in [0.15, 0.2) is 6.10 Å². The second-order valence-electron chi connectivity index (χ2n) is 12.2. The topological polar surface area (TPSA) is 129 Å². The second-order valence-corrected chi connectivity index (χ2v) is 12.2. The monoisotopic (exact) mass is 568 g/mol. The maximum Gasteiger partial charge on any atom is 0.407 e. The number of nitrogens with one attached hydrogen (secondary N) is 2. The highest BCUT2D eigenvalue weighted by atomic mass is 16.6. The first-order valence-electron chi connectivity index (χ1n) is 13.6. The van der Waals surface area contributed by atoms with E-state index < -0.39 is 41.7 Å². The van der Waals surface area contributed by atoms with E-state index in [1.807, 2.05) is 51.1 Å². The van der Waals surface area contributed by atoms with Crippen LogP contribution in [0.15, 0.2) is 48.5 Å². The smallest absolute Gasteiger partial charge is 0.407 e. The summed E-state index contributed by atoms with van der Waals surface area (Å²) >= 11 is 0. The number of carbonyl (C=O) groups excluding carboxylic acids is 4. The van der Waals surface area contributed by atoms with E-state index in [1.165, 1.54) is 0 Å². The predicted molar refractivity (Wildman–Crippen MR) is 152 cm³/mol. The van der Waals surface area contributed by atoms with Crippen molar-refractivity contribution in [1.29, 1.82) is 0 Å². The molecule has 10 nitrogen and oxygen atoms in total. The maximum atomic E-state index is 12.9. The summed E-state index contributed by atoms with van der Waals surface area (Å²) in [6.45, 7) is 11.3. The Morgan fingerprint density at radius 3 is 2.34 bits per heavy atom. The molecule has 0 aromatic heterocycles. The quantitative estimate of drug-likeness (QED) is 0.305. The Morgan fingerprint density at radius 1 is 0.976 bits per heavy atom. The number of rotatable bonds is 10. The standard InChI is InChI=1S/C31H40N2O8/c1-30(2,3)19-39-29(37)33-23(28(36)41-31(4,5)6)17-21-12-13-24-22(16-21)32-27(35)25(40-24)14-15-26(34)38-18-20-10-8-7-9-11-20/h7-13,16,23,25H,14-15,17-19H2,1-6H3,(H,32,35)(H,33,37)/t23?,25-/m0/s1. The van der Waals surface area contributed by atoms with Crippen molar-refractivity contribution < 1.29 is 38.1 Å². The van der Waals surface area contributed by atoms with Gasteiger partial charge >= 0.3 is 18.0 Å². The van der Waals surface area contributed by atoms with Gasteiger partial charge in [0, 0.05) is 19.3 Å². The Morgan fingerprint density at radius 2 is 1.68 bits per heavy atom. The fourth-order valence-electron chi connectivity index (χ4n) is 3.84. The van der Waals surface area contributed by atoms with Crippen LogP contribution < -0.4 is 15.4 Å². The van der Waals surface area contributed by atoms with Gasteiger partial charge in [0.25, 0.3) is 5.91 Å². The Balaban J connectivity index is 1.61. The van der Waals surface area contributed by atoms with Gasteiger partial charge in [-0.05, 0) is 49.4 Å². The molecule has 0 bridgehead atoms. The lowest BCUT2D eigenvalue weighted by molar-refractivity contribution is -0.157. The number of hydrogen-bond donors (Lipinski definition) is 2. The number of alkyl carbamates (subject to hydrolysis) is 1. The van der Waals surface area contributed by atoms with Crippen molar-refractivity contribution in [2.45, 2.75) is 85.2 Å². The highest BCUT2D eigenvalue weighted by Gasteiger charge is 2.31. The first-order chi connectivity index (χ1) is 19.2. The minimum absolute atomic E-state index is 0.0207. The number of amides is 2. The van der Waals surface area contributed by atoms with E-state index in [9.17, 15) is 19.2 Å². The molecule has 3 rings (SSSR count). The van der Waals surface area contributed by atoms with Crippen LogP contribution in [-0.2, 0) is 41.6 Å². The molecule has 10 heteroatoms. The van der Waals surface area contributed by atoms with Crippen LogP contribution in [-0.4, -0.2) is 48.3 Å². The van der Waals surface area contributed by atoms with Crippen LogP contribution in [0.5, 0.6) is 5.75 Å². The summed E-state index contributed by atoms with van der Waals surface area (Å²) in [5.41, 5.74) is 0.960. The van der Waals surface area contributed by atoms with E-state index in [0.29, 0.717) is 17.0 Å². The van der Waals surface area contributed by atoms with E-state index in [4.69, 9.17) is 18.9 Å². The summed E-state index contributed by atoms with van der Waals surface area (Å²) < 4.78 is 21.9. The average molecular weight is 569 g/mol. The third-order valence-corrected chi connectivity index (χ3v) is 5.78. The molecule has 0 radical (unpaired) electrons. The molecule has 1 unspecified atom stereocenters. The lowest BCUT2D eigenvalue weighted by Gasteiger charge is -2.27. The zero-order valence-electron chi connectivity index (χ0n) is 24.6. The molecule has 2 amide bonds. The van der Waals surface area contributed by atoms with Gasteiger partial charge in [-0.25, -0.2) is 9.59 Å². The molecule has 1 aliphatic heterocycles. The van der Waals surface area contributed by atoms with E-state index >= 15 is 0 Å². The molecule has 0 fully saturated rings. The normalized spacial score (nSPS) is 15.5. The van der Waals surface area contributed by atoms with Crippen molar-refractivity contribution >= 4 is 29.6 Å². The number of esters is 2. The van der Waals surface area contributed by atoms with Gasteiger partial charge in [-0.15, -0.1) is 0 Å². The summed E-state index contributed by atoms with van der Waals surface area (Å²) in [7, 11) is 0. The number of carbonyl (C=O) groups is 4. The Labute approximate surface area is 241 Å². The van der Waals surface area contributed by atoms with Crippen LogP contribution in [0.25, 0.3) is 0 Å². The van der Waals surface area contributed by atoms with Crippen molar-refractivity contribution in [1.82, 2.24) is 5.32 Å². The van der Waals surface area contributed by atoms with Gasteiger partial charge in [-0.2, -0.15) is 0 Å². The van der Waals surface area contributed by atoms with Crippen molar-refractivity contribution in [2.24, 2.45) is 5.41 Å². The molecule has 2 aromatic rings. The molecule has 1 aliphatic rings. The van der Waals surface area contributed by atoms with Crippen molar-refractivity contribution in [2.75, 3.05) is 11.9 Å². The second kappa shape index (κ2) is 13.5. The molecule has 0 spiro atoms. The van der Waals surface area contributed by atoms with E-state index in [-0.39, 0.29) is 37.9 Å². The van der Waals surface area contributed by atoms with Crippen LogP contribution >= 0.6 is 0 Å². The summed E-state index contributed by atoms with van der Waals surface area (Å²) in [4.78, 5) is 50.2. The lowest BCUT2D eigenvalue weighted by atomic mass is 9.99. The fraction of sp³-hybridized carbons (Fsp3) is 0.484. The third-order valence-electron chi connectivity index (χ3n) is 5.78. The SMILES string of the molecule is CC(C)(C)COC(=O)NC(Cc1ccc2c(c1)NC(=O)[C@H](CCC(=O)OCc1ccccc1)O2)C(=O)OC(C)(C)C. The number of hydrogen-bond acceptors (Lipinski definition) is 8. The van der Waals surface area contributed by atoms with Gasteiger partial charge in [-0.3, -0.25) is 9.59 Å². The lowest BCUT2D eigenvalue weighted by Crippen LogP contribution is -2.46. The van der Waals surface area contributed by atoms with Crippen LogP contribution in [0.1, 0.15) is 65.5 Å². The predicted octanol–water partition coefficient (Wildman–Crippen LogP) is 4.93. The maximum absolute atomic E-state index is 12.9. The molecule has 1 heterocycles. The molecular weight excluding hydrogens is 528 g/mol. The summed E-state index contributed by atoms with van der Waals surface area (Å²) in [5.74, 6) is -0.990. The zero-order valence-corrected chi connectivity index (χ0v) is 24.6. The van der Waals surface area contributed by atoms with E-state index in [2.05, 4.69) is 10.6 Å². The summed E-state index contributed by atoms with van der Waals surface area (Å²) in [6.07, 6.45) is -1.31. The van der Waals surface area contributed by atoms with Gasteiger partial charge in [0.2, 0.25) is 0 Å². The number of fused-ring (bicyclic) bond motifs is 1. The Hall–Kier alpha value is -4.08. The third kappa shape index (κ3) is 10.8. The first kappa shape index (κ1) is 31.4. The highest BCUT2D eigenvalue weighted by Crippen LogP contribution is 2.32. The minimum atomic E-state index is -1.02. The van der Waals surface area contributed by atoms with Gasteiger partial charge in [-0.1, -0.05) is 57.2 Å². The van der Waals surface area contributed by atoms with Gasteiger partial charge in [0.1, 0.15) is 24.0 Å². The minimum Gasteiger partial charge on any atom is -0.478 e. The summed E-state index contributed by atoms with van der Waals surface area (Å²) in [6, 6.07) is 13.4. The molecule has 0 saturated carbocycles. The van der Waals surface area contributed by atoms with Crippen LogP contribution in [0.3, 0.4) is 0 Å². The molecule has 222 valence electrons. The summed E-state index contributed by atoms with van der Waals surface area (Å²) in [5, 5.41) is 5.41. The van der Waals surface area contributed by atoms with E-state index in [1.54, 1.807) is 39.0 Å². The van der Waals surface area contributed by atoms with Crippen LogP contribution in [0, 0.1) is 5.41 Å². The molecule has 2 atom stereocenters. The van der Waals surface area contributed by atoms with Crippen molar-refractivity contribution in [3.63, 3.8) is 0 Å². The van der Waals surface area contributed by atoms with Crippen LogP contribution in [0.2, 0.25) is 0 Å². The Bertz CT molecular complexity index is 1230. The largest absolute Gasteiger partial charge is 0.478 e. The highest BCUT2D eigenvalue weighted by molar-refractivity contribution is 5.98. The van der Waals surface area contributed by atoms with Crippen LogP contribution in [0.4, 0.5) is 10.5 Å². The molecule has 41 heavy (non-hydrogen) atoms. The van der Waals surface area contributed by atoms with Crippen molar-refractivity contribution in [3.05, 3.63) is 59.7 Å². The Kier molecular flexibility index (Phi) is 10.4. The zero-order chi connectivity index (χ0) is 30.2. The molecule has 2 N–H and O–H groups in total. The number of benzene rings is 2. The fourth-order valence-corrected chi connectivity index (χ4v) is 3.84. The molecule has 0 aliphatic carbocycles. The molecule has 2 aromatic carbocycles. The van der Waals surface area contributed by atoms with E-state index in [0.717, 1.165) is 5.56 Å². The van der Waals surface area contributed by atoms with Gasteiger partial charge < -0.3 is 29.6 Å². The molecular formula is C31H40N2O8. The van der Waals surface area contributed by atoms with Gasteiger partial charge in [0.05, 0.1) is 12.3 Å². The number of anilines is 1. The first-order valence-corrected chi connectivity index (χ1v) is 13.6. The number of ether oxygens (including phenoxy) is 4. The molecule has 0 saturated heterocycles.